The molecule has 368 valence electrons. The van der Waals surface area contributed by atoms with Gasteiger partial charge in [0.05, 0.1) is 16.5 Å². The first-order valence-electron chi connectivity index (χ1n) is 22.1. The van der Waals surface area contributed by atoms with Crippen molar-refractivity contribution >= 4 is 93.4 Å². The molecule has 12 nitrogen and oxygen atoms in total. The van der Waals surface area contributed by atoms with Crippen molar-refractivity contribution in [3.05, 3.63) is 137 Å². The predicted octanol–water partition coefficient (Wildman–Crippen LogP) is 13.9. The van der Waals surface area contributed by atoms with Crippen LogP contribution in [-0.2, 0) is 19.2 Å². The van der Waals surface area contributed by atoms with Crippen LogP contribution in [-0.4, -0.2) is 67.4 Å². The summed E-state index contributed by atoms with van der Waals surface area (Å²) >= 11 is 23.1. The number of benzene rings is 4. The SMILES string of the molecule is Cc1cc(C)cc(C(=O)CCCCC(=O)O)c1.Cc1cc(C)cc(C(=O)CCCCCCC(=O)O)c1.O=C(O)CCC(=O)c1cc(Cl)ccc1Cl.O=C(O)CCCCC(=O)c1cc(Cl)ccc1Cl. The van der Waals surface area contributed by atoms with Crippen molar-refractivity contribution in [2.75, 3.05) is 0 Å². The molecule has 68 heavy (non-hydrogen) atoms. The lowest BCUT2D eigenvalue weighted by atomic mass is 10.00. The maximum Gasteiger partial charge on any atom is 0.303 e. The molecule has 4 aromatic carbocycles. The Morgan fingerprint density at radius 3 is 0.956 bits per heavy atom. The minimum Gasteiger partial charge on any atom is -0.481 e. The number of carboxylic acid groups (broad SMARTS) is 4. The van der Waals surface area contributed by atoms with E-state index in [2.05, 4.69) is 6.07 Å². The standard InChI is InChI=1S/C16H22O3.C14H18O3.C12H12Cl2O3.C10H8Cl2O3/c1-12-9-13(2)11-14(10-12)15(17)7-5-3-4-6-8-16(18)19;1-10-7-11(2)9-12(8-10)13(15)5-3-4-6-14(16)17;13-8-5-6-10(14)9(7-8)11(15)3-1-2-4-12(16)17;11-6-1-2-8(12)7(5-6)9(13)3-4-10(14)15/h9-11H,3-8H2,1-2H3,(H,18,19);7-9H,3-6H2,1-2H3,(H,16,17);5-7H,1-4H2,(H,16,17);1-2,5H,3-4H2,(H,14,15). The van der Waals surface area contributed by atoms with Gasteiger partial charge in [0.1, 0.15) is 0 Å². The molecule has 0 unspecified atom stereocenters. The Morgan fingerprint density at radius 2 is 0.618 bits per heavy atom. The summed E-state index contributed by atoms with van der Waals surface area (Å²) in [5.74, 6) is -3.55. The van der Waals surface area contributed by atoms with Crippen LogP contribution in [0.5, 0.6) is 0 Å². The number of rotatable bonds is 24. The van der Waals surface area contributed by atoms with Crippen molar-refractivity contribution in [1.29, 1.82) is 0 Å². The maximum atomic E-state index is 12.0. The summed E-state index contributed by atoms with van der Waals surface area (Å²) in [6.45, 7) is 7.92. The van der Waals surface area contributed by atoms with Gasteiger partial charge in [0.2, 0.25) is 0 Å². The zero-order valence-corrected chi connectivity index (χ0v) is 41.8. The van der Waals surface area contributed by atoms with Crippen molar-refractivity contribution < 1.29 is 58.8 Å². The molecule has 0 aromatic heterocycles. The van der Waals surface area contributed by atoms with Crippen molar-refractivity contribution in [2.45, 2.75) is 130 Å². The lowest BCUT2D eigenvalue weighted by Gasteiger charge is -2.04. The predicted molar refractivity (Wildman–Crippen MR) is 266 cm³/mol. The molecule has 0 aliphatic heterocycles. The smallest absolute Gasteiger partial charge is 0.303 e. The molecule has 0 aliphatic carbocycles. The highest BCUT2D eigenvalue weighted by atomic mass is 35.5. The van der Waals surface area contributed by atoms with E-state index in [-0.39, 0.29) is 72.2 Å². The van der Waals surface area contributed by atoms with Crippen LogP contribution in [0.15, 0.2) is 72.8 Å². The number of hydrogen-bond donors (Lipinski definition) is 4. The third kappa shape index (κ3) is 27.4. The van der Waals surface area contributed by atoms with Crippen LogP contribution in [0.2, 0.25) is 20.1 Å². The van der Waals surface area contributed by atoms with Crippen molar-refractivity contribution in [3.63, 3.8) is 0 Å². The highest BCUT2D eigenvalue weighted by Gasteiger charge is 2.14. The van der Waals surface area contributed by atoms with Crippen molar-refractivity contribution in [1.82, 2.24) is 0 Å². The first kappa shape index (κ1) is 60.6. The summed E-state index contributed by atoms with van der Waals surface area (Å²) in [7, 11) is 0. The number of halogens is 4. The number of aryl methyl sites for hydroxylation is 4. The summed E-state index contributed by atoms with van der Waals surface area (Å²) in [6.07, 6.45) is 6.99. The van der Waals surface area contributed by atoms with Gasteiger partial charge in [0, 0.05) is 77.2 Å². The highest BCUT2D eigenvalue weighted by Crippen LogP contribution is 2.24. The van der Waals surface area contributed by atoms with E-state index in [4.69, 9.17) is 66.8 Å². The second kappa shape index (κ2) is 33.2. The van der Waals surface area contributed by atoms with E-state index in [1.165, 1.54) is 18.2 Å². The summed E-state index contributed by atoms with van der Waals surface area (Å²) < 4.78 is 0. The Labute approximate surface area is 418 Å². The molecule has 4 N–H and O–H groups in total. The third-order valence-corrected chi connectivity index (χ3v) is 10.9. The number of carbonyl (C=O) groups excluding carboxylic acids is 4. The Morgan fingerprint density at radius 1 is 0.338 bits per heavy atom. The molecule has 0 radical (unpaired) electrons. The zero-order valence-electron chi connectivity index (χ0n) is 38.8. The van der Waals surface area contributed by atoms with Gasteiger partial charge in [-0.15, -0.1) is 0 Å². The van der Waals surface area contributed by atoms with Crippen LogP contribution in [0.3, 0.4) is 0 Å². The Bertz CT molecular complexity index is 2320. The molecule has 4 aromatic rings. The number of ketones is 4. The van der Waals surface area contributed by atoms with E-state index in [1.54, 1.807) is 18.2 Å². The number of hydrogen-bond acceptors (Lipinski definition) is 8. The van der Waals surface area contributed by atoms with E-state index >= 15 is 0 Å². The summed E-state index contributed by atoms with van der Waals surface area (Å²) in [5, 5.41) is 35.4. The number of aliphatic carboxylic acids is 4. The number of unbranched alkanes of at least 4 members (excludes halogenated alkanes) is 5. The molecule has 0 fully saturated rings. The first-order valence-corrected chi connectivity index (χ1v) is 23.6. The third-order valence-electron chi connectivity index (χ3n) is 9.74. The van der Waals surface area contributed by atoms with Crippen LogP contribution in [0.1, 0.15) is 166 Å². The minimum absolute atomic E-state index is 0.0740. The van der Waals surface area contributed by atoms with Crippen LogP contribution >= 0.6 is 46.4 Å². The van der Waals surface area contributed by atoms with E-state index in [0.717, 1.165) is 52.6 Å². The molecular formula is C52H60Cl4O12. The lowest BCUT2D eigenvalue weighted by Crippen LogP contribution is -2.04. The molecule has 0 saturated carbocycles. The van der Waals surface area contributed by atoms with Crippen LogP contribution in [0.25, 0.3) is 0 Å². The molecule has 0 spiro atoms. The molecule has 4 rings (SSSR count). The largest absolute Gasteiger partial charge is 0.481 e. The van der Waals surface area contributed by atoms with Gasteiger partial charge in [-0.1, -0.05) is 93.6 Å². The van der Waals surface area contributed by atoms with Gasteiger partial charge in [0.15, 0.2) is 23.1 Å². The van der Waals surface area contributed by atoms with Gasteiger partial charge in [-0.3, -0.25) is 38.4 Å². The Kier molecular flexibility index (Phi) is 29.6. The maximum absolute atomic E-state index is 12.0. The fourth-order valence-electron chi connectivity index (χ4n) is 6.51. The molecule has 0 bridgehead atoms. The fourth-order valence-corrected chi connectivity index (χ4v) is 7.30. The summed E-state index contributed by atoms with van der Waals surface area (Å²) in [5.41, 5.74) is 6.59. The van der Waals surface area contributed by atoms with E-state index in [1.807, 2.05) is 58.0 Å². The second-order valence-electron chi connectivity index (χ2n) is 16.1. The number of carbonyl (C=O) groups is 8. The average Bonchev–Trinajstić information content (AvgIpc) is 3.25. The van der Waals surface area contributed by atoms with Crippen LogP contribution in [0.4, 0.5) is 0 Å². The van der Waals surface area contributed by atoms with Crippen molar-refractivity contribution in [2.24, 2.45) is 0 Å². The van der Waals surface area contributed by atoms with Crippen LogP contribution < -0.4 is 0 Å². The summed E-state index contributed by atoms with van der Waals surface area (Å²) in [6, 6.07) is 21.0. The van der Waals surface area contributed by atoms with Gasteiger partial charge in [-0.2, -0.15) is 0 Å². The van der Waals surface area contributed by atoms with E-state index in [0.29, 0.717) is 65.6 Å². The molecule has 0 atom stereocenters. The van der Waals surface area contributed by atoms with Gasteiger partial charge >= 0.3 is 23.9 Å². The zero-order chi connectivity index (χ0) is 51.3. The van der Waals surface area contributed by atoms with Gasteiger partial charge in [-0.25, -0.2) is 0 Å². The molecule has 0 aliphatic rings. The normalized spacial score (nSPS) is 10.2. The molecule has 0 heterocycles. The van der Waals surface area contributed by atoms with Crippen LogP contribution in [0, 0.1) is 27.7 Å². The first-order chi connectivity index (χ1) is 32.0. The number of carboxylic acids is 4. The fraction of sp³-hybridized carbons (Fsp3) is 0.385. The quantitative estimate of drug-likeness (QED) is 0.0381. The summed E-state index contributed by atoms with van der Waals surface area (Å²) in [4.78, 5) is 88.3. The molecule has 0 amide bonds. The highest BCUT2D eigenvalue weighted by molar-refractivity contribution is 6.36. The topological polar surface area (TPSA) is 217 Å². The van der Waals surface area contributed by atoms with Gasteiger partial charge < -0.3 is 20.4 Å². The number of Topliss-reactive ketones (excluding diaryl/α,β-unsaturated/α-hetero) is 4. The Hall–Kier alpha value is -5.40. The molecule has 16 heteroatoms. The average molecular weight is 1020 g/mol. The van der Waals surface area contributed by atoms with E-state index in [9.17, 15) is 38.4 Å². The second-order valence-corrected chi connectivity index (χ2v) is 17.8. The van der Waals surface area contributed by atoms with Crippen molar-refractivity contribution in [3.8, 4) is 0 Å². The van der Waals surface area contributed by atoms with E-state index < -0.39 is 23.9 Å². The monoisotopic (exact) mass is 1020 g/mol. The lowest BCUT2D eigenvalue weighted by molar-refractivity contribution is -0.138. The van der Waals surface area contributed by atoms with Gasteiger partial charge in [0.25, 0.3) is 0 Å². The van der Waals surface area contributed by atoms with Gasteiger partial charge in [-0.05, 0) is 127 Å². The molecular weight excluding hydrogens is 958 g/mol. The Balaban J connectivity index is 0.000000455. The molecule has 0 saturated heterocycles. The minimum atomic E-state index is -1.01.